The highest BCUT2D eigenvalue weighted by Crippen LogP contribution is 2.28. The number of Topliss-reactive ketones (excluding diaryl/α,β-unsaturated/α-hetero) is 1. The average molecular weight is 277 g/mol. The lowest BCUT2D eigenvalue weighted by molar-refractivity contribution is -0.117. The largest absolute Gasteiger partial charge is 0.369 e. The Labute approximate surface area is 106 Å². The molecule has 5 nitrogen and oxygen atoms in total. The van der Waals surface area contributed by atoms with Gasteiger partial charge in [0.15, 0.2) is 8.68 Å². The van der Waals surface area contributed by atoms with Crippen LogP contribution in [0.3, 0.4) is 0 Å². The van der Waals surface area contributed by atoms with Gasteiger partial charge in [0, 0.05) is 12.2 Å². The van der Waals surface area contributed by atoms with Gasteiger partial charge in [-0.15, -0.1) is 10.2 Å². The number of rotatable bonds is 7. The van der Waals surface area contributed by atoms with Crippen molar-refractivity contribution in [3.05, 3.63) is 0 Å². The number of ketones is 1. The van der Waals surface area contributed by atoms with Gasteiger partial charge in [-0.1, -0.05) is 34.9 Å². The van der Waals surface area contributed by atoms with Crippen molar-refractivity contribution in [3.63, 3.8) is 0 Å². The van der Waals surface area contributed by atoms with Gasteiger partial charge in [0.1, 0.15) is 5.78 Å². The van der Waals surface area contributed by atoms with E-state index in [1.165, 1.54) is 34.9 Å². The number of aromatic nitrogens is 2. The van der Waals surface area contributed by atoms with Gasteiger partial charge in [-0.3, -0.25) is 9.59 Å². The number of hydrogen-bond donors (Lipinski definition) is 1. The van der Waals surface area contributed by atoms with Gasteiger partial charge < -0.3 is 5.73 Å². The lowest BCUT2D eigenvalue weighted by Crippen LogP contribution is -2.12. The average Bonchev–Trinajstić information content (AvgIpc) is 2.62. The summed E-state index contributed by atoms with van der Waals surface area (Å²) in [7, 11) is 0. The minimum absolute atomic E-state index is 0.167. The highest BCUT2D eigenvalue weighted by molar-refractivity contribution is 8.03. The number of carbonyl (C=O) groups is 2. The van der Waals surface area contributed by atoms with E-state index in [1.807, 2.05) is 0 Å². The van der Waals surface area contributed by atoms with E-state index >= 15 is 0 Å². The predicted octanol–water partition coefficient (Wildman–Crippen LogP) is 1.19. The summed E-state index contributed by atoms with van der Waals surface area (Å²) >= 11 is 4.19. The number of amides is 1. The molecule has 0 aliphatic carbocycles. The fourth-order valence-electron chi connectivity index (χ4n) is 0.729. The molecule has 0 unspecified atom stereocenters. The summed E-state index contributed by atoms with van der Waals surface area (Å²) < 4.78 is 1.54. The van der Waals surface area contributed by atoms with Gasteiger partial charge in [-0.05, 0) is 6.92 Å². The van der Waals surface area contributed by atoms with Crippen molar-refractivity contribution in [3.8, 4) is 0 Å². The molecule has 0 aliphatic heterocycles. The van der Waals surface area contributed by atoms with Crippen molar-refractivity contribution < 1.29 is 9.59 Å². The van der Waals surface area contributed by atoms with E-state index in [0.717, 1.165) is 8.68 Å². The van der Waals surface area contributed by atoms with Crippen LogP contribution < -0.4 is 5.73 Å². The van der Waals surface area contributed by atoms with E-state index in [2.05, 4.69) is 10.2 Å². The van der Waals surface area contributed by atoms with Gasteiger partial charge in [-0.25, -0.2) is 0 Å². The van der Waals surface area contributed by atoms with Crippen LogP contribution in [0.5, 0.6) is 0 Å². The molecule has 0 saturated carbocycles. The first kappa shape index (κ1) is 13.5. The van der Waals surface area contributed by atoms with Gasteiger partial charge >= 0.3 is 0 Å². The molecule has 2 N–H and O–H groups in total. The molecule has 0 radical (unpaired) electrons. The number of carbonyl (C=O) groups excluding carboxylic acids is 2. The standard InChI is InChI=1S/C8H11N3O2S3/c1-5(12)2-3-14-7-10-11-8(16-7)15-4-6(9)13/h2-4H2,1H3,(H2,9,13). The molecular weight excluding hydrogens is 266 g/mol. The first-order valence-electron chi connectivity index (χ1n) is 4.45. The molecule has 1 aromatic rings. The number of thioether (sulfide) groups is 2. The Hall–Kier alpha value is -0.600. The molecule has 0 atom stereocenters. The molecule has 1 aromatic heterocycles. The van der Waals surface area contributed by atoms with Crippen LogP contribution in [0.4, 0.5) is 0 Å². The van der Waals surface area contributed by atoms with Crippen LogP contribution in [0.15, 0.2) is 8.68 Å². The van der Waals surface area contributed by atoms with Crippen LogP contribution in [0.25, 0.3) is 0 Å². The van der Waals surface area contributed by atoms with E-state index in [9.17, 15) is 9.59 Å². The Kier molecular flexibility index (Phi) is 5.78. The van der Waals surface area contributed by atoms with Gasteiger partial charge in [-0.2, -0.15) is 0 Å². The monoisotopic (exact) mass is 277 g/mol. The SMILES string of the molecule is CC(=O)CCSc1nnc(SCC(N)=O)s1. The minimum atomic E-state index is -0.369. The van der Waals surface area contributed by atoms with E-state index in [-0.39, 0.29) is 17.4 Å². The Balaban J connectivity index is 2.33. The molecule has 16 heavy (non-hydrogen) atoms. The first-order valence-corrected chi connectivity index (χ1v) is 7.23. The molecule has 88 valence electrons. The third-order valence-electron chi connectivity index (χ3n) is 1.41. The topological polar surface area (TPSA) is 85.9 Å². The summed E-state index contributed by atoms with van der Waals surface area (Å²) in [5.74, 6) is 0.725. The van der Waals surface area contributed by atoms with Crippen molar-refractivity contribution in [1.29, 1.82) is 0 Å². The predicted molar refractivity (Wildman–Crippen MR) is 65.8 cm³/mol. The van der Waals surface area contributed by atoms with Crippen molar-refractivity contribution in [1.82, 2.24) is 10.2 Å². The summed E-state index contributed by atoms with van der Waals surface area (Å²) in [6, 6.07) is 0. The van der Waals surface area contributed by atoms with Gasteiger partial charge in [0.25, 0.3) is 0 Å². The van der Waals surface area contributed by atoms with Gasteiger partial charge in [0.05, 0.1) is 5.75 Å². The van der Waals surface area contributed by atoms with Crippen LogP contribution in [-0.4, -0.2) is 33.4 Å². The van der Waals surface area contributed by atoms with Crippen LogP contribution >= 0.6 is 34.9 Å². The zero-order chi connectivity index (χ0) is 12.0. The Morgan fingerprint density at radius 2 is 1.94 bits per heavy atom. The highest BCUT2D eigenvalue weighted by Gasteiger charge is 2.07. The summed E-state index contributed by atoms with van der Waals surface area (Å²) in [6.45, 7) is 1.56. The fourth-order valence-corrected chi connectivity index (χ4v) is 3.60. The second-order valence-electron chi connectivity index (χ2n) is 2.89. The molecule has 1 amide bonds. The van der Waals surface area contributed by atoms with Crippen molar-refractivity contribution >= 4 is 46.6 Å². The highest BCUT2D eigenvalue weighted by atomic mass is 32.2. The molecule has 0 fully saturated rings. The Bertz CT molecular complexity index is 380. The zero-order valence-electron chi connectivity index (χ0n) is 8.63. The molecule has 0 aromatic carbocycles. The van der Waals surface area contributed by atoms with E-state index in [0.29, 0.717) is 12.2 Å². The molecule has 0 saturated heterocycles. The van der Waals surface area contributed by atoms with Crippen LogP contribution in [0.1, 0.15) is 13.3 Å². The van der Waals surface area contributed by atoms with E-state index < -0.39 is 0 Å². The van der Waals surface area contributed by atoms with E-state index in [4.69, 9.17) is 5.73 Å². The molecule has 8 heteroatoms. The molecule has 0 spiro atoms. The maximum absolute atomic E-state index is 10.7. The summed E-state index contributed by atoms with van der Waals surface area (Å²) in [6.07, 6.45) is 0.536. The second-order valence-corrected chi connectivity index (χ2v) is 6.43. The fraction of sp³-hybridized carbons (Fsp3) is 0.500. The van der Waals surface area contributed by atoms with Crippen LogP contribution in [0, 0.1) is 0 Å². The number of nitrogens with two attached hydrogens (primary N) is 1. The first-order chi connectivity index (χ1) is 7.58. The molecule has 0 bridgehead atoms. The van der Waals surface area contributed by atoms with E-state index in [1.54, 1.807) is 6.92 Å². The molecular formula is C8H11N3O2S3. The number of nitrogens with zero attached hydrogens (tertiary/aromatic N) is 2. The van der Waals surface area contributed by atoms with Gasteiger partial charge in [0.2, 0.25) is 5.91 Å². The number of primary amides is 1. The lowest BCUT2D eigenvalue weighted by Gasteiger charge is -1.92. The zero-order valence-corrected chi connectivity index (χ0v) is 11.1. The molecule has 0 aliphatic rings. The minimum Gasteiger partial charge on any atom is -0.369 e. The van der Waals surface area contributed by atoms with Crippen LogP contribution in [-0.2, 0) is 9.59 Å². The van der Waals surface area contributed by atoms with Crippen molar-refractivity contribution in [2.24, 2.45) is 5.73 Å². The smallest absolute Gasteiger partial charge is 0.227 e. The summed E-state index contributed by atoms with van der Waals surface area (Å²) in [5.41, 5.74) is 5.01. The third-order valence-corrected chi connectivity index (χ3v) is 4.62. The summed E-state index contributed by atoms with van der Waals surface area (Å²) in [5, 5.41) is 7.84. The molecule has 1 rings (SSSR count). The Morgan fingerprint density at radius 3 is 2.50 bits per heavy atom. The molecule has 1 heterocycles. The second kappa shape index (κ2) is 6.87. The van der Waals surface area contributed by atoms with Crippen molar-refractivity contribution in [2.45, 2.75) is 22.0 Å². The Morgan fingerprint density at radius 1 is 1.31 bits per heavy atom. The normalized spacial score (nSPS) is 10.3. The maximum atomic E-state index is 10.7. The number of hydrogen-bond acceptors (Lipinski definition) is 7. The van der Waals surface area contributed by atoms with Crippen LogP contribution in [0.2, 0.25) is 0 Å². The lowest BCUT2D eigenvalue weighted by atomic mass is 10.4. The third kappa shape index (κ3) is 5.47. The van der Waals surface area contributed by atoms with Crippen molar-refractivity contribution in [2.75, 3.05) is 11.5 Å². The quantitative estimate of drug-likeness (QED) is 0.753. The maximum Gasteiger partial charge on any atom is 0.227 e. The summed E-state index contributed by atoms with van der Waals surface area (Å²) in [4.78, 5) is 21.3.